The Labute approximate surface area is 102 Å². The summed E-state index contributed by atoms with van der Waals surface area (Å²) >= 11 is 0. The van der Waals surface area contributed by atoms with Crippen LogP contribution in [0.3, 0.4) is 0 Å². The van der Waals surface area contributed by atoms with Gasteiger partial charge in [-0.15, -0.1) is 0 Å². The highest BCUT2D eigenvalue weighted by Gasteiger charge is 2.16. The van der Waals surface area contributed by atoms with Crippen LogP contribution >= 0.6 is 0 Å². The van der Waals surface area contributed by atoms with Crippen molar-refractivity contribution in [2.45, 2.75) is 32.0 Å². The van der Waals surface area contributed by atoms with Gasteiger partial charge >= 0.3 is 0 Å². The topological polar surface area (TPSA) is 64.0 Å². The fourth-order valence-corrected chi connectivity index (χ4v) is 2.01. The molecule has 17 heavy (non-hydrogen) atoms. The molecular weight excluding hydrogens is 218 g/mol. The zero-order valence-corrected chi connectivity index (χ0v) is 10.5. The first-order chi connectivity index (χ1) is 8.24. The average Bonchev–Trinajstić information content (AvgIpc) is 2.74. The highest BCUT2D eigenvalue weighted by Crippen LogP contribution is 2.03. The predicted octanol–water partition coefficient (Wildman–Crippen LogP) is -0.328. The zero-order valence-electron chi connectivity index (χ0n) is 10.5. The lowest BCUT2D eigenvalue weighted by Crippen LogP contribution is -2.44. The van der Waals surface area contributed by atoms with Crippen molar-refractivity contribution in [2.24, 2.45) is 7.05 Å². The van der Waals surface area contributed by atoms with Crippen molar-refractivity contribution in [3.8, 4) is 0 Å². The van der Waals surface area contributed by atoms with E-state index in [1.807, 2.05) is 7.05 Å². The molecule has 6 heteroatoms. The van der Waals surface area contributed by atoms with Crippen LogP contribution in [0.15, 0.2) is 6.33 Å². The van der Waals surface area contributed by atoms with Crippen LogP contribution in [0.4, 0.5) is 0 Å². The lowest BCUT2D eigenvalue weighted by molar-refractivity contribution is 0.0711. The van der Waals surface area contributed by atoms with Gasteiger partial charge in [-0.05, 0) is 13.3 Å². The fourth-order valence-electron chi connectivity index (χ4n) is 2.01. The summed E-state index contributed by atoms with van der Waals surface area (Å²) in [6.07, 6.45) is 2.78. The molecule has 1 saturated heterocycles. The van der Waals surface area contributed by atoms with Crippen molar-refractivity contribution in [3.63, 3.8) is 0 Å². The van der Waals surface area contributed by atoms with E-state index in [4.69, 9.17) is 4.74 Å². The van der Waals surface area contributed by atoms with Gasteiger partial charge in [-0.25, -0.2) is 4.98 Å². The third kappa shape index (κ3) is 4.07. The van der Waals surface area contributed by atoms with Gasteiger partial charge in [0.1, 0.15) is 6.33 Å². The molecule has 0 amide bonds. The summed E-state index contributed by atoms with van der Waals surface area (Å²) in [4.78, 5) is 4.18. The van der Waals surface area contributed by atoms with Crippen molar-refractivity contribution < 1.29 is 4.74 Å². The number of aromatic nitrogens is 3. The number of nitrogens with zero attached hydrogens (tertiary/aromatic N) is 3. The molecule has 2 heterocycles. The van der Waals surface area contributed by atoms with Crippen LogP contribution in [0, 0.1) is 0 Å². The first-order valence-electron chi connectivity index (χ1n) is 6.13. The number of hydrogen-bond donors (Lipinski definition) is 2. The second-order valence-corrected chi connectivity index (χ2v) is 4.58. The molecule has 0 aromatic carbocycles. The number of aryl methyl sites for hydroxylation is 1. The fraction of sp³-hybridized carbons (Fsp3) is 0.818. The first-order valence-corrected chi connectivity index (χ1v) is 6.13. The number of morpholine rings is 1. The Morgan fingerprint density at radius 3 is 3.24 bits per heavy atom. The van der Waals surface area contributed by atoms with E-state index in [9.17, 15) is 0 Å². The molecule has 0 radical (unpaired) electrons. The monoisotopic (exact) mass is 239 g/mol. The summed E-state index contributed by atoms with van der Waals surface area (Å²) in [5, 5.41) is 11.1. The van der Waals surface area contributed by atoms with E-state index in [1.165, 1.54) is 0 Å². The molecule has 1 fully saturated rings. The molecule has 1 aliphatic heterocycles. The van der Waals surface area contributed by atoms with Gasteiger partial charge in [0.2, 0.25) is 0 Å². The van der Waals surface area contributed by atoms with E-state index in [0.29, 0.717) is 12.1 Å². The minimum Gasteiger partial charge on any atom is -0.379 e. The quantitative estimate of drug-likeness (QED) is 0.737. The molecule has 6 nitrogen and oxygen atoms in total. The van der Waals surface area contributed by atoms with Crippen molar-refractivity contribution in [2.75, 3.05) is 19.8 Å². The second-order valence-electron chi connectivity index (χ2n) is 4.58. The van der Waals surface area contributed by atoms with Crippen LogP contribution in [0.1, 0.15) is 19.2 Å². The Kier molecular flexibility index (Phi) is 4.47. The Hall–Kier alpha value is -0.980. The van der Waals surface area contributed by atoms with Crippen LogP contribution in [0.5, 0.6) is 0 Å². The van der Waals surface area contributed by atoms with E-state index in [-0.39, 0.29) is 0 Å². The number of hydrogen-bond acceptors (Lipinski definition) is 5. The summed E-state index contributed by atoms with van der Waals surface area (Å²) in [6.45, 7) is 5.50. The standard InChI is InChI=1S/C11H21N5O/c1-9(5-10-7-17-4-3-12-10)13-6-11-14-8-16(2)15-11/h8-10,12-13H,3-7H2,1-2H3. The van der Waals surface area contributed by atoms with Gasteiger partial charge in [-0.2, -0.15) is 5.10 Å². The van der Waals surface area contributed by atoms with Gasteiger partial charge in [0, 0.05) is 25.7 Å². The molecule has 2 atom stereocenters. The number of nitrogens with one attached hydrogen (secondary N) is 2. The summed E-state index contributed by atoms with van der Waals surface area (Å²) < 4.78 is 7.15. The molecule has 1 aliphatic rings. The number of rotatable bonds is 5. The maximum Gasteiger partial charge on any atom is 0.164 e. The normalized spacial score (nSPS) is 22.6. The van der Waals surface area contributed by atoms with Crippen molar-refractivity contribution in [1.82, 2.24) is 25.4 Å². The van der Waals surface area contributed by atoms with Crippen LogP contribution in [-0.2, 0) is 18.3 Å². The molecule has 1 aromatic rings. The molecule has 2 unspecified atom stereocenters. The molecule has 0 spiro atoms. The van der Waals surface area contributed by atoms with Gasteiger partial charge < -0.3 is 15.4 Å². The van der Waals surface area contributed by atoms with Crippen LogP contribution < -0.4 is 10.6 Å². The van der Waals surface area contributed by atoms with Crippen molar-refractivity contribution >= 4 is 0 Å². The molecule has 2 N–H and O–H groups in total. The SMILES string of the molecule is CC(CC1COCCN1)NCc1ncn(C)n1. The molecule has 2 rings (SSSR count). The van der Waals surface area contributed by atoms with Crippen molar-refractivity contribution in [1.29, 1.82) is 0 Å². The van der Waals surface area contributed by atoms with E-state index < -0.39 is 0 Å². The predicted molar refractivity (Wildman–Crippen MR) is 64.5 cm³/mol. The Morgan fingerprint density at radius 1 is 1.71 bits per heavy atom. The third-order valence-electron chi connectivity index (χ3n) is 2.89. The maximum atomic E-state index is 5.43. The van der Waals surface area contributed by atoms with Crippen molar-refractivity contribution in [3.05, 3.63) is 12.2 Å². The Bertz CT molecular complexity index is 334. The second kappa shape index (κ2) is 6.09. The highest BCUT2D eigenvalue weighted by atomic mass is 16.5. The van der Waals surface area contributed by atoms with Crippen LogP contribution in [-0.4, -0.2) is 46.6 Å². The van der Waals surface area contributed by atoms with E-state index >= 15 is 0 Å². The smallest absolute Gasteiger partial charge is 0.164 e. The minimum absolute atomic E-state index is 0.429. The minimum atomic E-state index is 0.429. The van der Waals surface area contributed by atoms with Gasteiger partial charge in [0.15, 0.2) is 5.82 Å². The van der Waals surface area contributed by atoms with Crippen LogP contribution in [0.25, 0.3) is 0 Å². The lowest BCUT2D eigenvalue weighted by Gasteiger charge is -2.26. The van der Waals surface area contributed by atoms with E-state index in [2.05, 4.69) is 27.6 Å². The summed E-state index contributed by atoms with van der Waals surface area (Å²) in [7, 11) is 1.88. The third-order valence-corrected chi connectivity index (χ3v) is 2.89. The zero-order chi connectivity index (χ0) is 12.1. The molecule has 0 bridgehead atoms. The highest BCUT2D eigenvalue weighted by molar-refractivity contribution is 4.82. The first kappa shape index (κ1) is 12.5. The van der Waals surface area contributed by atoms with Crippen LogP contribution in [0.2, 0.25) is 0 Å². The summed E-state index contributed by atoms with van der Waals surface area (Å²) in [6, 6.07) is 0.890. The maximum absolute atomic E-state index is 5.43. The molecule has 96 valence electrons. The molecular formula is C11H21N5O. The summed E-state index contributed by atoms with van der Waals surface area (Å²) in [5.41, 5.74) is 0. The molecule has 0 saturated carbocycles. The summed E-state index contributed by atoms with van der Waals surface area (Å²) in [5.74, 6) is 0.840. The molecule has 0 aliphatic carbocycles. The van der Waals surface area contributed by atoms with E-state index in [1.54, 1.807) is 11.0 Å². The Balaban J connectivity index is 1.68. The van der Waals surface area contributed by atoms with Gasteiger partial charge in [-0.1, -0.05) is 0 Å². The van der Waals surface area contributed by atoms with Gasteiger partial charge in [0.25, 0.3) is 0 Å². The van der Waals surface area contributed by atoms with Gasteiger partial charge in [0.05, 0.1) is 19.8 Å². The molecule has 1 aromatic heterocycles. The van der Waals surface area contributed by atoms with Gasteiger partial charge in [-0.3, -0.25) is 4.68 Å². The number of ether oxygens (including phenoxy) is 1. The average molecular weight is 239 g/mol. The lowest BCUT2D eigenvalue weighted by atomic mass is 10.1. The van der Waals surface area contributed by atoms with E-state index in [0.717, 1.165) is 38.5 Å². The Morgan fingerprint density at radius 2 is 2.59 bits per heavy atom. The largest absolute Gasteiger partial charge is 0.379 e.